The van der Waals surface area contributed by atoms with Gasteiger partial charge >= 0.3 is 24.0 Å². The highest BCUT2D eigenvalue weighted by molar-refractivity contribution is 5.95. The topological polar surface area (TPSA) is 265 Å². The normalized spacial score (nSPS) is 16.5. The van der Waals surface area contributed by atoms with Gasteiger partial charge in [-0.3, -0.25) is 19.2 Å². The summed E-state index contributed by atoms with van der Waals surface area (Å²) in [6.45, 7) is 16.1. The van der Waals surface area contributed by atoms with E-state index in [4.69, 9.17) is 18.9 Å². The predicted octanol–water partition coefficient (Wildman–Crippen LogP) is 3.08. The SMILES string of the molecule is COC(=O)[C@@H](CCC(=O)N(C)[C@H](C(=O)N[C@@H](C(=O)OC)[C@H](C)C(=O)N[C@H](C(=O)O)C(C)C)[C@@H](C)O)NC(=O)[C@@H](C)[C@@H](/C=C/C(C)=C/[C@H](C)[C@H](Cc1ccccc1)OC)NC(=O)OC(C)(C)C. The van der Waals surface area contributed by atoms with Crippen molar-refractivity contribution in [3.8, 4) is 0 Å². The largest absolute Gasteiger partial charge is 0.480 e. The van der Waals surface area contributed by atoms with E-state index in [0.29, 0.717) is 6.42 Å². The second-order valence-electron chi connectivity index (χ2n) is 17.7. The molecule has 10 atom stereocenters. The molecule has 0 aliphatic heterocycles. The molecule has 370 valence electrons. The molecule has 1 rings (SSSR count). The van der Waals surface area contributed by atoms with Gasteiger partial charge in [0.2, 0.25) is 23.6 Å². The Hall–Kier alpha value is -5.82. The molecule has 0 spiro atoms. The summed E-state index contributed by atoms with van der Waals surface area (Å²) in [5, 5.41) is 30.2. The standard InChI is InChI=1S/C47H73N5O14/c1-26(2)37(43(58)59)50-41(56)30(6)38(45(61)65-14)51-42(57)39(31(7)53)52(11)36(54)23-22-34(44(60)64-13)48-40(55)29(5)33(49-46(62)66-47(8,9)10)21-20-27(3)24-28(4)35(63-12)25-32-18-16-15-17-19-32/h15-21,24,26,28-31,33-35,37-39,53H,22-23,25H2,1-14H3,(H,48,55)(H,49,62)(H,50,56)(H,51,57)(H,58,59)/b21-20+,27-24+/t28-,29-,30-,31+,33+,34+,35-,37-,38+,39-/m0/s1. The number of esters is 2. The number of aliphatic carboxylic acids is 1. The fourth-order valence-corrected chi connectivity index (χ4v) is 6.83. The second-order valence-corrected chi connectivity index (χ2v) is 17.7. The number of carbonyl (C=O) groups is 8. The molecule has 0 fully saturated rings. The summed E-state index contributed by atoms with van der Waals surface area (Å²) in [6.07, 6.45) is 2.84. The fourth-order valence-electron chi connectivity index (χ4n) is 6.83. The number of nitrogens with one attached hydrogen (secondary N) is 4. The Kier molecular flexibility index (Phi) is 24.3. The van der Waals surface area contributed by atoms with Gasteiger partial charge in [0.1, 0.15) is 29.8 Å². The first kappa shape index (κ1) is 58.2. The van der Waals surface area contributed by atoms with Gasteiger partial charge in [0, 0.05) is 26.5 Å². The van der Waals surface area contributed by atoms with Crippen molar-refractivity contribution in [1.29, 1.82) is 0 Å². The van der Waals surface area contributed by atoms with Crippen molar-refractivity contribution in [2.45, 2.75) is 137 Å². The molecule has 6 N–H and O–H groups in total. The van der Waals surface area contributed by atoms with Crippen molar-refractivity contribution >= 4 is 47.6 Å². The van der Waals surface area contributed by atoms with Crippen LogP contribution in [0, 0.1) is 23.7 Å². The number of alkyl carbamates (subject to hydrolysis) is 1. The molecule has 0 radical (unpaired) electrons. The first-order valence-corrected chi connectivity index (χ1v) is 21.8. The van der Waals surface area contributed by atoms with Crippen LogP contribution in [-0.2, 0) is 58.9 Å². The van der Waals surface area contributed by atoms with E-state index in [0.717, 1.165) is 30.3 Å². The number of rotatable bonds is 25. The molecule has 66 heavy (non-hydrogen) atoms. The lowest BCUT2D eigenvalue weighted by Crippen LogP contribution is -2.59. The zero-order valence-corrected chi connectivity index (χ0v) is 40.8. The van der Waals surface area contributed by atoms with Crippen LogP contribution in [0.25, 0.3) is 0 Å². The summed E-state index contributed by atoms with van der Waals surface area (Å²) >= 11 is 0. The van der Waals surface area contributed by atoms with E-state index < -0.39 is 114 Å². The molecule has 0 aliphatic rings. The van der Waals surface area contributed by atoms with Crippen LogP contribution in [-0.4, -0.2) is 139 Å². The average Bonchev–Trinajstić information content (AvgIpc) is 3.24. The molecule has 0 saturated heterocycles. The summed E-state index contributed by atoms with van der Waals surface area (Å²) in [7, 11) is 4.96. The molecule has 5 amide bonds. The van der Waals surface area contributed by atoms with E-state index >= 15 is 0 Å². The van der Waals surface area contributed by atoms with Crippen LogP contribution in [0.2, 0.25) is 0 Å². The van der Waals surface area contributed by atoms with Crippen LogP contribution < -0.4 is 21.3 Å². The van der Waals surface area contributed by atoms with E-state index in [-0.39, 0.29) is 18.4 Å². The van der Waals surface area contributed by atoms with E-state index in [2.05, 4.69) is 21.3 Å². The quantitative estimate of drug-likeness (QED) is 0.0468. The van der Waals surface area contributed by atoms with Crippen molar-refractivity contribution < 1.29 is 67.5 Å². The number of benzene rings is 1. The third kappa shape index (κ3) is 19.3. The molecule has 0 saturated carbocycles. The van der Waals surface area contributed by atoms with Crippen LogP contribution in [0.3, 0.4) is 0 Å². The fraction of sp³-hybridized carbons (Fsp3) is 0.617. The number of allylic oxidation sites excluding steroid dienone is 2. The van der Waals surface area contributed by atoms with E-state index in [1.807, 2.05) is 50.3 Å². The molecule has 0 aliphatic carbocycles. The molecule has 1 aromatic rings. The van der Waals surface area contributed by atoms with Gasteiger partial charge < -0.3 is 55.3 Å². The number of amides is 5. The zero-order valence-electron chi connectivity index (χ0n) is 40.8. The van der Waals surface area contributed by atoms with Gasteiger partial charge in [-0.25, -0.2) is 19.2 Å². The maximum Gasteiger partial charge on any atom is 0.408 e. The number of hydrogen-bond acceptors (Lipinski definition) is 13. The summed E-state index contributed by atoms with van der Waals surface area (Å²) in [5.74, 6) is -9.56. The number of likely N-dealkylation sites (N-methyl/N-ethyl adjacent to an activating group) is 1. The molecular formula is C47H73N5O14. The minimum atomic E-state index is -1.66. The summed E-state index contributed by atoms with van der Waals surface area (Å²) < 4.78 is 21.0. The molecule has 0 aromatic heterocycles. The van der Waals surface area contributed by atoms with Crippen molar-refractivity contribution in [2.75, 3.05) is 28.4 Å². The van der Waals surface area contributed by atoms with Crippen molar-refractivity contribution in [3.05, 3.63) is 59.7 Å². The first-order chi connectivity index (χ1) is 30.7. The smallest absolute Gasteiger partial charge is 0.408 e. The van der Waals surface area contributed by atoms with Crippen LogP contribution in [0.5, 0.6) is 0 Å². The first-order valence-electron chi connectivity index (χ1n) is 21.8. The van der Waals surface area contributed by atoms with E-state index in [1.54, 1.807) is 53.9 Å². The van der Waals surface area contributed by atoms with E-state index in [1.165, 1.54) is 27.8 Å². The number of aliphatic hydroxyl groups is 1. The number of methoxy groups -OCH3 is 3. The summed E-state index contributed by atoms with van der Waals surface area (Å²) in [4.78, 5) is 105. The maximum absolute atomic E-state index is 13.8. The van der Waals surface area contributed by atoms with Gasteiger partial charge in [0.15, 0.2) is 0 Å². The van der Waals surface area contributed by atoms with Crippen molar-refractivity contribution in [2.24, 2.45) is 23.7 Å². The van der Waals surface area contributed by atoms with Gasteiger partial charge in [0.05, 0.1) is 44.3 Å². The number of hydrogen-bond donors (Lipinski definition) is 6. The maximum atomic E-state index is 13.8. The summed E-state index contributed by atoms with van der Waals surface area (Å²) in [5.41, 5.74) is 1.08. The highest BCUT2D eigenvalue weighted by Gasteiger charge is 2.39. The number of carbonyl (C=O) groups excluding carboxylic acids is 7. The average molecular weight is 932 g/mol. The predicted molar refractivity (Wildman–Crippen MR) is 244 cm³/mol. The molecular weight excluding hydrogens is 859 g/mol. The van der Waals surface area contributed by atoms with Crippen LogP contribution in [0.1, 0.15) is 87.6 Å². The molecule has 1 aromatic carbocycles. The van der Waals surface area contributed by atoms with Crippen molar-refractivity contribution in [1.82, 2.24) is 26.2 Å². The zero-order chi connectivity index (χ0) is 50.6. The second kappa shape index (κ2) is 27.6. The minimum Gasteiger partial charge on any atom is -0.480 e. The highest BCUT2D eigenvalue weighted by Crippen LogP contribution is 2.19. The summed E-state index contributed by atoms with van der Waals surface area (Å²) in [6, 6.07) is 3.00. The third-order valence-corrected chi connectivity index (χ3v) is 10.8. The Bertz CT molecular complexity index is 1860. The Morgan fingerprint density at radius 3 is 1.83 bits per heavy atom. The molecule has 0 bridgehead atoms. The third-order valence-electron chi connectivity index (χ3n) is 10.8. The molecule has 0 heterocycles. The van der Waals surface area contributed by atoms with Crippen molar-refractivity contribution in [3.63, 3.8) is 0 Å². The Balaban J connectivity index is 3.30. The number of carboxylic acids is 1. The number of carboxylic acid groups (broad SMARTS) is 1. The van der Waals surface area contributed by atoms with Gasteiger partial charge in [-0.05, 0) is 58.9 Å². The Morgan fingerprint density at radius 2 is 1.33 bits per heavy atom. The molecule has 0 unspecified atom stereocenters. The van der Waals surface area contributed by atoms with Gasteiger partial charge in [-0.15, -0.1) is 0 Å². The number of aliphatic hydroxyl groups excluding tert-OH is 1. The Morgan fingerprint density at radius 1 is 0.773 bits per heavy atom. The lowest BCUT2D eigenvalue weighted by atomic mass is 9.94. The monoisotopic (exact) mass is 932 g/mol. The Labute approximate surface area is 388 Å². The van der Waals surface area contributed by atoms with Crippen LogP contribution >= 0.6 is 0 Å². The van der Waals surface area contributed by atoms with Crippen LogP contribution in [0.15, 0.2) is 54.1 Å². The number of ether oxygens (including phenoxy) is 4. The number of nitrogens with zero attached hydrogens (tertiary/aromatic N) is 1. The van der Waals surface area contributed by atoms with Gasteiger partial charge in [0.25, 0.3) is 0 Å². The van der Waals surface area contributed by atoms with Gasteiger partial charge in [-0.1, -0.05) is 88.8 Å². The molecule has 19 nitrogen and oxygen atoms in total. The minimum absolute atomic E-state index is 0.0194. The lowest BCUT2D eigenvalue weighted by molar-refractivity contribution is -0.152. The van der Waals surface area contributed by atoms with Gasteiger partial charge in [-0.2, -0.15) is 0 Å². The highest BCUT2D eigenvalue weighted by atomic mass is 16.6. The van der Waals surface area contributed by atoms with E-state index in [9.17, 15) is 48.6 Å². The lowest BCUT2D eigenvalue weighted by Gasteiger charge is -2.32. The van der Waals surface area contributed by atoms with Crippen LogP contribution in [0.4, 0.5) is 4.79 Å². The molecule has 19 heteroatoms.